The maximum absolute atomic E-state index is 5.41. The van der Waals surface area contributed by atoms with E-state index < -0.39 is 0 Å². The summed E-state index contributed by atoms with van der Waals surface area (Å²) in [4.78, 5) is 8.68. The van der Waals surface area contributed by atoms with E-state index in [0.29, 0.717) is 17.5 Å². The Morgan fingerprint density at radius 2 is 1.81 bits per heavy atom. The van der Waals surface area contributed by atoms with Gasteiger partial charge in [-0.2, -0.15) is 0 Å². The summed E-state index contributed by atoms with van der Waals surface area (Å²) in [5, 5.41) is 6.87. The standard InChI is InChI=1S/C21H20N4OS/c1-26-19-11-9-17(10-12-19)20(24-18-7-3-2-4-8-18)25-21(27)23-15-16-6-5-13-22-14-16/h2-14H,15H2,1H3,(H2,23,24,25,27). The number of nitrogens with zero attached hydrogens (tertiary/aromatic N) is 2. The quantitative estimate of drug-likeness (QED) is 0.400. The minimum absolute atomic E-state index is 0.396. The van der Waals surface area contributed by atoms with Gasteiger partial charge in [0.05, 0.1) is 7.11 Å². The number of methoxy groups -OCH3 is 1. The highest BCUT2D eigenvalue weighted by molar-refractivity contribution is 7.80. The summed E-state index contributed by atoms with van der Waals surface area (Å²) in [6.45, 7) is 0.567. The van der Waals surface area contributed by atoms with Crippen molar-refractivity contribution in [3.63, 3.8) is 0 Å². The lowest BCUT2D eigenvalue weighted by Crippen LogP contribution is -2.23. The Hall–Kier alpha value is -3.25. The van der Waals surface area contributed by atoms with Crippen molar-refractivity contribution < 1.29 is 4.74 Å². The zero-order valence-electron chi connectivity index (χ0n) is 14.9. The molecule has 0 fully saturated rings. The summed E-state index contributed by atoms with van der Waals surface area (Å²) in [6.07, 6.45) is 3.54. The summed E-state index contributed by atoms with van der Waals surface area (Å²) < 4.78 is 5.23. The van der Waals surface area contributed by atoms with Crippen LogP contribution in [0.4, 0.5) is 5.69 Å². The third-order valence-corrected chi connectivity index (χ3v) is 4.02. The van der Waals surface area contributed by atoms with Crippen molar-refractivity contribution in [1.82, 2.24) is 10.3 Å². The molecule has 0 aliphatic heterocycles. The van der Waals surface area contributed by atoms with Crippen LogP contribution in [0.25, 0.3) is 0 Å². The van der Waals surface area contributed by atoms with Gasteiger partial charge in [-0.25, -0.2) is 4.99 Å². The van der Waals surface area contributed by atoms with Crippen molar-refractivity contribution in [2.75, 3.05) is 12.4 Å². The second-order valence-electron chi connectivity index (χ2n) is 5.70. The van der Waals surface area contributed by atoms with Crippen molar-refractivity contribution in [1.29, 1.82) is 0 Å². The fourth-order valence-electron chi connectivity index (χ4n) is 2.39. The Morgan fingerprint density at radius 1 is 1.04 bits per heavy atom. The lowest BCUT2D eigenvalue weighted by atomic mass is 10.2. The number of anilines is 1. The predicted molar refractivity (Wildman–Crippen MR) is 113 cm³/mol. The predicted octanol–water partition coefficient (Wildman–Crippen LogP) is 4.02. The van der Waals surface area contributed by atoms with Crippen LogP contribution in [0.2, 0.25) is 0 Å². The minimum Gasteiger partial charge on any atom is -0.497 e. The summed E-state index contributed by atoms with van der Waals surface area (Å²) in [5.41, 5.74) is 2.88. The van der Waals surface area contributed by atoms with E-state index >= 15 is 0 Å². The summed E-state index contributed by atoms with van der Waals surface area (Å²) in [5.74, 6) is 1.45. The molecule has 0 bridgehead atoms. The number of thiocarbonyl (C=S) groups is 1. The number of amidine groups is 1. The number of hydrogen-bond donors (Lipinski definition) is 2. The topological polar surface area (TPSA) is 58.5 Å². The van der Waals surface area contributed by atoms with Crippen LogP contribution >= 0.6 is 12.2 Å². The Labute approximate surface area is 164 Å². The van der Waals surface area contributed by atoms with E-state index in [1.165, 1.54) is 0 Å². The number of ether oxygens (including phenoxy) is 1. The zero-order valence-corrected chi connectivity index (χ0v) is 15.7. The van der Waals surface area contributed by atoms with Gasteiger partial charge < -0.3 is 15.4 Å². The molecule has 0 unspecified atom stereocenters. The first-order valence-electron chi connectivity index (χ1n) is 8.46. The molecule has 3 rings (SSSR count). The van der Waals surface area contributed by atoms with Gasteiger partial charge in [-0.05, 0) is 60.2 Å². The van der Waals surface area contributed by atoms with Crippen molar-refractivity contribution in [3.05, 3.63) is 90.3 Å². The van der Waals surface area contributed by atoms with Gasteiger partial charge in [-0.15, -0.1) is 0 Å². The van der Waals surface area contributed by atoms with Gasteiger partial charge in [0, 0.05) is 30.2 Å². The van der Waals surface area contributed by atoms with Gasteiger partial charge >= 0.3 is 0 Å². The molecule has 0 spiro atoms. The highest BCUT2D eigenvalue weighted by Crippen LogP contribution is 2.14. The van der Waals surface area contributed by atoms with Crippen molar-refractivity contribution in [2.45, 2.75) is 6.54 Å². The van der Waals surface area contributed by atoms with Gasteiger partial charge in [-0.3, -0.25) is 4.98 Å². The van der Waals surface area contributed by atoms with Crippen LogP contribution in [-0.4, -0.2) is 23.0 Å². The number of aliphatic imine (C=N–C) groups is 1. The Morgan fingerprint density at radius 3 is 2.48 bits per heavy atom. The molecule has 1 aromatic heterocycles. The van der Waals surface area contributed by atoms with Gasteiger partial charge in [0.25, 0.3) is 0 Å². The van der Waals surface area contributed by atoms with Crippen LogP contribution in [-0.2, 0) is 6.54 Å². The monoisotopic (exact) mass is 376 g/mol. The summed E-state index contributed by atoms with van der Waals surface area (Å²) in [7, 11) is 1.64. The van der Waals surface area contributed by atoms with Crippen LogP contribution in [0.5, 0.6) is 5.75 Å². The zero-order chi connectivity index (χ0) is 18.9. The molecule has 0 saturated heterocycles. The molecular weight excluding hydrogens is 356 g/mol. The van der Waals surface area contributed by atoms with E-state index in [-0.39, 0.29) is 0 Å². The number of benzene rings is 2. The third kappa shape index (κ3) is 5.62. The highest BCUT2D eigenvalue weighted by Gasteiger charge is 2.07. The fraction of sp³-hybridized carbons (Fsp3) is 0.0952. The first-order valence-corrected chi connectivity index (χ1v) is 8.87. The molecule has 0 atom stereocenters. The van der Waals surface area contributed by atoms with E-state index in [1.54, 1.807) is 19.5 Å². The number of nitrogens with one attached hydrogen (secondary N) is 2. The molecule has 2 N–H and O–H groups in total. The van der Waals surface area contributed by atoms with Crippen LogP contribution in [0.1, 0.15) is 11.1 Å². The molecule has 27 heavy (non-hydrogen) atoms. The molecule has 5 nitrogen and oxygen atoms in total. The molecule has 0 aliphatic rings. The fourth-order valence-corrected chi connectivity index (χ4v) is 2.56. The largest absolute Gasteiger partial charge is 0.497 e. The van der Waals surface area contributed by atoms with Crippen molar-refractivity contribution in [3.8, 4) is 5.75 Å². The summed E-state index contributed by atoms with van der Waals surface area (Å²) in [6, 6.07) is 21.4. The molecule has 0 aliphatic carbocycles. The number of hydrogen-bond acceptors (Lipinski definition) is 3. The van der Waals surface area contributed by atoms with Gasteiger partial charge in [0.15, 0.2) is 5.11 Å². The second-order valence-corrected chi connectivity index (χ2v) is 6.09. The first kappa shape index (κ1) is 18.5. The van der Waals surface area contributed by atoms with Crippen molar-refractivity contribution >= 4 is 28.9 Å². The smallest absolute Gasteiger partial charge is 0.195 e. The Bertz CT molecular complexity index is 896. The lowest BCUT2D eigenvalue weighted by Gasteiger charge is -2.12. The van der Waals surface area contributed by atoms with Crippen molar-refractivity contribution in [2.24, 2.45) is 4.99 Å². The van der Waals surface area contributed by atoms with E-state index in [4.69, 9.17) is 17.0 Å². The Balaban J connectivity index is 1.78. The Kier molecular flexibility index (Phi) is 6.49. The van der Waals surface area contributed by atoms with E-state index in [9.17, 15) is 0 Å². The highest BCUT2D eigenvalue weighted by atomic mass is 32.1. The average molecular weight is 376 g/mol. The lowest BCUT2D eigenvalue weighted by molar-refractivity contribution is 0.415. The molecule has 2 aromatic carbocycles. The summed E-state index contributed by atoms with van der Waals surface area (Å²) >= 11 is 5.41. The number of aromatic nitrogens is 1. The maximum Gasteiger partial charge on any atom is 0.195 e. The average Bonchev–Trinajstić information content (AvgIpc) is 2.73. The molecule has 0 saturated carbocycles. The molecule has 6 heteroatoms. The molecule has 136 valence electrons. The van der Waals surface area contributed by atoms with Crippen LogP contribution in [0.3, 0.4) is 0 Å². The molecule has 0 radical (unpaired) electrons. The molecule has 1 heterocycles. The minimum atomic E-state index is 0.396. The van der Waals surface area contributed by atoms with Crippen LogP contribution < -0.4 is 15.4 Å². The van der Waals surface area contributed by atoms with E-state index in [0.717, 1.165) is 22.6 Å². The molecule has 3 aromatic rings. The van der Waals surface area contributed by atoms with E-state index in [1.807, 2.05) is 66.7 Å². The number of rotatable bonds is 5. The SMILES string of the molecule is COc1ccc(/C(=N/C(=S)NCc2cccnc2)Nc2ccccc2)cc1. The maximum atomic E-state index is 5.41. The number of pyridine rings is 1. The van der Waals surface area contributed by atoms with E-state index in [2.05, 4.69) is 20.6 Å². The molecular formula is C21H20N4OS. The van der Waals surface area contributed by atoms with Crippen LogP contribution in [0, 0.1) is 0 Å². The molecule has 0 amide bonds. The first-order chi connectivity index (χ1) is 13.2. The van der Waals surface area contributed by atoms with Gasteiger partial charge in [0.2, 0.25) is 0 Å². The van der Waals surface area contributed by atoms with Crippen LogP contribution in [0.15, 0.2) is 84.1 Å². The normalized spacial score (nSPS) is 10.9. The second kappa shape index (κ2) is 9.45. The van der Waals surface area contributed by atoms with Gasteiger partial charge in [-0.1, -0.05) is 24.3 Å². The number of para-hydroxylation sites is 1. The third-order valence-electron chi connectivity index (χ3n) is 3.78. The van der Waals surface area contributed by atoms with Gasteiger partial charge in [0.1, 0.15) is 11.6 Å².